The molecule has 1 rings (SSSR count). The van der Waals surface area contributed by atoms with Gasteiger partial charge in [-0.15, -0.1) is 0 Å². The summed E-state index contributed by atoms with van der Waals surface area (Å²) in [6.07, 6.45) is 9.42. The molecule has 0 nitrogen and oxygen atoms in total. The van der Waals surface area contributed by atoms with E-state index in [0.29, 0.717) is 0 Å². The van der Waals surface area contributed by atoms with Crippen LogP contribution in [0.2, 0.25) is 45.9 Å². The predicted molar refractivity (Wildman–Crippen MR) is 72.5 cm³/mol. The van der Waals surface area contributed by atoms with Crippen LogP contribution in [0.1, 0.15) is 0 Å². The van der Waals surface area contributed by atoms with E-state index >= 15 is 0 Å². The fraction of sp³-hybridized carbons (Fsp3) is 0.667. The van der Waals surface area contributed by atoms with E-state index in [1.807, 2.05) is 0 Å². The molecule has 0 aliphatic heterocycles. The molecular weight excluding hydrogens is 379 g/mol. The molecule has 0 fully saturated rings. The molecule has 15 heavy (non-hydrogen) atoms. The summed E-state index contributed by atoms with van der Waals surface area (Å²) in [5, 5.41) is 0. The number of hydrogen-bond donors (Lipinski definition) is 0. The second kappa shape index (κ2) is 4.97. The number of hydrogen-bond acceptors (Lipinski definition) is 0. The van der Waals surface area contributed by atoms with Crippen LogP contribution in [0.15, 0.2) is 24.3 Å². The summed E-state index contributed by atoms with van der Waals surface area (Å²) in [7, 11) is -1.82. The third-order valence-electron chi connectivity index (χ3n) is 2.84. The van der Waals surface area contributed by atoms with E-state index in [1.54, 1.807) is 0 Å². The van der Waals surface area contributed by atoms with E-state index < -0.39 is 39.1 Å². The average Bonchev–Trinajstić information content (AvgIpc) is 2.46. The van der Waals surface area contributed by atoms with Crippen molar-refractivity contribution < 1.29 is 22.9 Å². The Kier molecular flexibility index (Phi) is 4.58. The van der Waals surface area contributed by atoms with Crippen LogP contribution in [0.25, 0.3) is 0 Å². The third kappa shape index (κ3) is 4.27. The zero-order chi connectivity index (χ0) is 11.7. The topological polar surface area (TPSA) is 0 Å². The second-order valence-electron chi connectivity index (χ2n) is 6.63. The van der Waals surface area contributed by atoms with E-state index in [-0.39, 0.29) is 0 Å². The van der Waals surface area contributed by atoms with Crippen molar-refractivity contribution in [2.75, 3.05) is 0 Å². The van der Waals surface area contributed by atoms with Gasteiger partial charge in [-0.2, -0.15) is 0 Å². The molecule has 0 aromatic rings. The first-order valence-corrected chi connectivity index (χ1v) is 17.1. The molecule has 0 unspecified atom stereocenters. The molecule has 0 aromatic carbocycles. The Labute approximate surface area is 109 Å². The molecule has 1 aliphatic rings. The van der Waals surface area contributed by atoms with Gasteiger partial charge in [0, 0.05) is 0 Å². The Balaban J connectivity index is 2.74. The van der Waals surface area contributed by atoms with Crippen molar-refractivity contribution in [1.82, 2.24) is 0 Å². The van der Waals surface area contributed by atoms with Crippen molar-refractivity contribution in [2.24, 2.45) is 0 Å². The Bertz CT molecular complexity index is 242. The van der Waals surface area contributed by atoms with Gasteiger partial charge in [0.1, 0.15) is 0 Å². The van der Waals surface area contributed by atoms with Crippen molar-refractivity contribution in [3.63, 3.8) is 0 Å². The Hall–Kier alpha value is 0.784. The van der Waals surface area contributed by atoms with Gasteiger partial charge in [-0.3, -0.25) is 0 Å². The van der Waals surface area contributed by atoms with Crippen molar-refractivity contribution in [2.45, 2.75) is 45.9 Å². The minimum atomic E-state index is -0.909. The molecule has 0 saturated carbocycles. The molecular formula is C12H24HfSi2+2. The quantitative estimate of drug-likeness (QED) is 0.606. The van der Waals surface area contributed by atoms with Crippen LogP contribution in [0, 0.1) is 0 Å². The van der Waals surface area contributed by atoms with Crippen molar-refractivity contribution >= 4 is 16.1 Å². The summed E-state index contributed by atoms with van der Waals surface area (Å²) in [5.74, 6) is 0. The van der Waals surface area contributed by atoms with Crippen LogP contribution in [-0.2, 0) is 22.9 Å². The molecule has 0 heterocycles. The third-order valence-corrected chi connectivity index (χ3v) is 36.9. The first-order valence-electron chi connectivity index (χ1n) is 5.82. The zero-order valence-electron chi connectivity index (χ0n) is 11.0. The van der Waals surface area contributed by atoms with Crippen molar-refractivity contribution in [3.05, 3.63) is 24.3 Å². The van der Waals surface area contributed by atoms with Gasteiger partial charge in [0.15, 0.2) is 0 Å². The Morgan fingerprint density at radius 2 is 1.27 bits per heavy atom. The molecule has 0 amide bonds. The van der Waals surface area contributed by atoms with Gasteiger partial charge in [-0.1, -0.05) is 0 Å². The molecule has 0 atom stereocenters. The Morgan fingerprint density at radius 1 is 0.867 bits per heavy atom. The van der Waals surface area contributed by atoms with Gasteiger partial charge < -0.3 is 0 Å². The molecule has 0 saturated heterocycles. The fourth-order valence-electron chi connectivity index (χ4n) is 2.53. The predicted octanol–water partition coefficient (Wildman–Crippen LogP) is 4.53. The van der Waals surface area contributed by atoms with Crippen LogP contribution >= 0.6 is 0 Å². The Morgan fingerprint density at radius 3 is 1.60 bits per heavy atom. The van der Waals surface area contributed by atoms with E-state index in [2.05, 4.69) is 63.6 Å². The summed E-state index contributed by atoms with van der Waals surface area (Å²) in [4.78, 5) is 0. The first-order chi connectivity index (χ1) is 6.71. The summed E-state index contributed by atoms with van der Waals surface area (Å²) < 4.78 is 2.15. The molecule has 3 heteroatoms. The monoisotopic (exact) mass is 404 g/mol. The van der Waals surface area contributed by atoms with Crippen LogP contribution in [0.3, 0.4) is 0 Å². The SMILES string of the molecule is C[Si](C)(C)[CH]([Hf+2][CH]1C=CC=C1)[Si](C)(C)C. The molecule has 0 N–H and O–H groups in total. The minimum absolute atomic E-state index is 0.500. The molecule has 0 bridgehead atoms. The van der Waals surface area contributed by atoms with Crippen LogP contribution in [-0.4, -0.2) is 16.1 Å². The van der Waals surface area contributed by atoms with Gasteiger partial charge in [-0.05, 0) is 0 Å². The summed E-state index contributed by atoms with van der Waals surface area (Å²) in [6, 6.07) is 0. The number of rotatable bonds is 4. The normalized spacial score (nSPS) is 17.5. The van der Waals surface area contributed by atoms with Gasteiger partial charge in [-0.25, -0.2) is 0 Å². The fourth-order valence-corrected chi connectivity index (χ4v) is 30.8. The van der Waals surface area contributed by atoms with Crippen LogP contribution < -0.4 is 0 Å². The second-order valence-corrected chi connectivity index (χ2v) is 27.6. The molecule has 1 aliphatic carbocycles. The standard InChI is InChI=1S/C7H19Si2.C5H5.Hf/c1-8(2,3)7-9(4,5)6;1-2-4-5-3-1;/h7H,1-6H3;1-5H;/q;;+2. The first kappa shape index (κ1) is 13.8. The van der Waals surface area contributed by atoms with Gasteiger partial charge in [0.05, 0.1) is 0 Å². The van der Waals surface area contributed by atoms with E-state index in [9.17, 15) is 0 Å². The zero-order valence-corrected chi connectivity index (χ0v) is 16.6. The number of allylic oxidation sites excluding steroid dienone is 4. The molecule has 82 valence electrons. The summed E-state index contributed by atoms with van der Waals surface area (Å²) in [5.41, 5.74) is 0. The van der Waals surface area contributed by atoms with Crippen molar-refractivity contribution in [3.8, 4) is 0 Å². The maximum atomic E-state index is 2.59. The van der Waals surface area contributed by atoms with Gasteiger partial charge in [0.2, 0.25) is 0 Å². The van der Waals surface area contributed by atoms with Crippen LogP contribution in [0.4, 0.5) is 0 Å². The summed E-state index contributed by atoms with van der Waals surface area (Å²) in [6.45, 7) is 15.5. The van der Waals surface area contributed by atoms with Gasteiger partial charge in [0.25, 0.3) is 0 Å². The molecule has 0 aromatic heterocycles. The molecule has 0 radical (unpaired) electrons. The van der Waals surface area contributed by atoms with Crippen molar-refractivity contribution in [1.29, 1.82) is 0 Å². The van der Waals surface area contributed by atoms with E-state index in [1.165, 1.54) is 2.92 Å². The van der Waals surface area contributed by atoms with E-state index in [0.717, 1.165) is 3.67 Å². The maximum absolute atomic E-state index is 2.59. The summed E-state index contributed by atoms with van der Waals surface area (Å²) >= 11 is -0.500. The average molecular weight is 403 g/mol. The van der Waals surface area contributed by atoms with Gasteiger partial charge >= 0.3 is 109 Å². The molecule has 0 spiro atoms. The van der Waals surface area contributed by atoms with E-state index in [4.69, 9.17) is 0 Å². The van der Waals surface area contributed by atoms with Crippen LogP contribution in [0.5, 0.6) is 0 Å².